The second-order valence-corrected chi connectivity index (χ2v) is 2.77. The molecule has 1 heterocycles. The second kappa shape index (κ2) is 4.94. The highest BCUT2D eigenvalue weighted by molar-refractivity contribution is 5.06. The Hall–Kier alpha value is -0.930. The molecule has 0 radical (unpaired) electrons. The highest BCUT2D eigenvalue weighted by Gasteiger charge is 2.11. The fraction of sp³-hybridized carbons (Fsp3) is 0.500. The minimum absolute atomic E-state index is 0.265. The van der Waals surface area contributed by atoms with E-state index < -0.39 is 0 Å². The molecule has 0 unspecified atom stereocenters. The molecule has 13 heavy (non-hydrogen) atoms. The van der Waals surface area contributed by atoms with Gasteiger partial charge in [-0.15, -0.1) is 0 Å². The van der Waals surface area contributed by atoms with Crippen molar-refractivity contribution in [3.8, 4) is 0 Å². The SMILES string of the molecule is CC[n+]1cccc(C(OC)OC)c1. The van der Waals surface area contributed by atoms with Crippen LogP contribution in [0.25, 0.3) is 0 Å². The van der Waals surface area contributed by atoms with E-state index in [1.165, 1.54) is 0 Å². The van der Waals surface area contributed by atoms with Crippen LogP contribution in [-0.2, 0) is 16.0 Å². The zero-order valence-electron chi connectivity index (χ0n) is 8.36. The lowest BCUT2D eigenvalue weighted by molar-refractivity contribution is -0.694. The quantitative estimate of drug-likeness (QED) is 0.517. The largest absolute Gasteiger partial charge is 0.351 e. The van der Waals surface area contributed by atoms with Crippen LogP contribution in [0.5, 0.6) is 0 Å². The van der Waals surface area contributed by atoms with E-state index in [1.54, 1.807) is 14.2 Å². The Kier molecular flexibility index (Phi) is 3.86. The van der Waals surface area contributed by atoms with Crippen molar-refractivity contribution >= 4 is 0 Å². The van der Waals surface area contributed by atoms with Gasteiger partial charge in [-0.05, 0) is 13.0 Å². The molecule has 0 aliphatic carbocycles. The summed E-state index contributed by atoms with van der Waals surface area (Å²) in [5.41, 5.74) is 1.04. The van der Waals surface area contributed by atoms with Crippen LogP contribution in [-0.4, -0.2) is 14.2 Å². The fourth-order valence-corrected chi connectivity index (χ4v) is 1.25. The molecule has 1 aromatic heterocycles. The number of hydrogen-bond donors (Lipinski definition) is 0. The lowest BCUT2D eigenvalue weighted by Gasteiger charge is -2.11. The Labute approximate surface area is 78.9 Å². The first-order valence-corrected chi connectivity index (χ1v) is 4.36. The molecule has 0 fully saturated rings. The number of methoxy groups -OCH3 is 2. The summed E-state index contributed by atoms with van der Waals surface area (Å²) >= 11 is 0. The summed E-state index contributed by atoms with van der Waals surface area (Å²) in [4.78, 5) is 0. The molecule has 3 heteroatoms. The van der Waals surface area contributed by atoms with Crippen molar-refractivity contribution in [1.29, 1.82) is 0 Å². The number of ether oxygens (including phenoxy) is 2. The van der Waals surface area contributed by atoms with Crippen LogP contribution in [0, 0.1) is 0 Å². The van der Waals surface area contributed by atoms with Gasteiger partial charge in [0, 0.05) is 20.3 Å². The Bertz CT molecular complexity index is 259. The summed E-state index contributed by atoms with van der Waals surface area (Å²) < 4.78 is 12.4. The van der Waals surface area contributed by atoms with E-state index in [-0.39, 0.29) is 6.29 Å². The van der Waals surface area contributed by atoms with Crippen LogP contribution in [0.4, 0.5) is 0 Å². The first-order valence-electron chi connectivity index (χ1n) is 4.36. The molecule has 1 rings (SSSR count). The number of nitrogens with zero attached hydrogens (tertiary/aromatic N) is 1. The van der Waals surface area contributed by atoms with Crippen LogP contribution >= 0.6 is 0 Å². The topological polar surface area (TPSA) is 22.3 Å². The summed E-state index contributed by atoms with van der Waals surface area (Å²) in [5.74, 6) is 0. The Morgan fingerprint density at radius 3 is 2.62 bits per heavy atom. The molecule has 0 aliphatic heterocycles. The summed E-state index contributed by atoms with van der Waals surface area (Å²) in [5, 5.41) is 0. The smallest absolute Gasteiger partial charge is 0.188 e. The first-order chi connectivity index (χ1) is 6.31. The second-order valence-electron chi connectivity index (χ2n) is 2.77. The maximum atomic E-state index is 5.15. The van der Waals surface area contributed by atoms with E-state index in [2.05, 4.69) is 11.5 Å². The van der Waals surface area contributed by atoms with Crippen LogP contribution < -0.4 is 4.57 Å². The molecule has 0 atom stereocenters. The molecular weight excluding hydrogens is 166 g/mol. The van der Waals surface area contributed by atoms with Crippen LogP contribution in [0.15, 0.2) is 24.5 Å². The summed E-state index contributed by atoms with van der Waals surface area (Å²) in [7, 11) is 3.27. The van der Waals surface area contributed by atoms with Gasteiger partial charge < -0.3 is 9.47 Å². The molecule has 0 spiro atoms. The number of rotatable bonds is 4. The molecule has 3 nitrogen and oxygen atoms in total. The lowest BCUT2D eigenvalue weighted by Crippen LogP contribution is -2.32. The number of pyridine rings is 1. The third-order valence-electron chi connectivity index (χ3n) is 1.95. The van der Waals surface area contributed by atoms with Gasteiger partial charge in [0.15, 0.2) is 18.7 Å². The van der Waals surface area contributed by atoms with Crippen molar-refractivity contribution in [2.45, 2.75) is 19.8 Å². The number of aryl methyl sites for hydroxylation is 1. The van der Waals surface area contributed by atoms with Crippen molar-refractivity contribution in [2.24, 2.45) is 0 Å². The van der Waals surface area contributed by atoms with Gasteiger partial charge in [-0.3, -0.25) is 0 Å². The predicted octanol–water partition coefficient (Wildman–Crippen LogP) is 1.29. The standard InChI is InChI=1S/C10H16NO2/c1-4-11-7-5-6-9(8-11)10(12-2)13-3/h5-8,10H,4H2,1-3H3/q+1. The minimum Gasteiger partial charge on any atom is -0.351 e. The zero-order valence-corrected chi connectivity index (χ0v) is 8.36. The molecule has 0 aliphatic rings. The summed E-state index contributed by atoms with van der Waals surface area (Å²) in [6.45, 7) is 3.05. The van der Waals surface area contributed by atoms with Gasteiger partial charge in [-0.2, -0.15) is 0 Å². The average molecular weight is 182 g/mol. The van der Waals surface area contributed by atoms with E-state index >= 15 is 0 Å². The van der Waals surface area contributed by atoms with Crippen molar-refractivity contribution < 1.29 is 14.0 Å². The zero-order chi connectivity index (χ0) is 9.68. The first kappa shape index (κ1) is 10.2. The van der Waals surface area contributed by atoms with E-state index in [9.17, 15) is 0 Å². The van der Waals surface area contributed by atoms with Crippen molar-refractivity contribution in [2.75, 3.05) is 14.2 Å². The maximum Gasteiger partial charge on any atom is 0.188 e. The normalized spacial score (nSPS) is 10.8. The maximum absolute atomic E-state index is 5.15. The van der Waals surface area contributed by atoms with Gasteiger partial charge in [0.05, 0.1) is 5.56 Å². The third-order valence-corrected chi connectivity index (χ3v) is 1.95. The molecule has 0 bridgehead atoms. The van der Waals surface area contributed by atoms with Crippen LogP contribution in [0.3, 0.4) is 0 Å². The predicted molar refractivity (Wildman–Crippen MR) is 49.1 cm³/mol. The highest BCUT2D eigenvalue weighted by Crippen LogP contribution is 2.14. The minimum atomic E-state index is -0.265. The molecular formula is C10H16NO2+. The Morgan fingerprint density at radius 1 is 1.38 bits per heavy atom. The molecule has 72 valence electrons. The average Bonchev–Trinajstić information content (AvgIpc) is 2.20. The van der Waals surface area contributed by atoms with E-state index in [0.29, 0.717) is 0 Å². The van der Waals surface area contributed by atoms with Crippen molar-refractivity contribution in [3.05, 3.63) is 30.1 Å². The van der Waals surface area contributed by atoms with Gasteiger partial charge in [0.2, 0.25) is 0 Å². The highest BCUT2D eigenvalue weighted by atomic mass is 16.7. The molecule has 0 amide bonds. The molecule has 0 saturated carbocycles. The third kappa shape index (κ3) is 2.50. The molecule has 0 aromatic carbocycles. The van der Waals surface area contributed by atoms with Crippen LogP contribution in [0.1, 0.15) is 18.8 Å². The van der Waals surface area contributed by atoms with Gasteiger partial charge in [0.25, 0.3) is 0 Å². The molecule has 1 aromatic rings. The summed E-state index contributed by atoms with van der Waals surface area (Å²) in [6, 6.07) is 3.98. The van der Waals surface area contributed by atoms with E-state index in [4.69, 9.17) is 9.47 Å². The van der Waals surface area contributed by atoms with Crippen molar-refractivity contribution in [3.63, 3.8) is 0 Å². The van der Waals surface area contributed by atoms with Gasteiger partial charge in [0.1, 0.15) is 6.54 Å². The van der Waals surface area contributed by atoms with Crippen molar-refractivity contribution in [1.82, 2.24) is 0 Å². The Morgan fingerprint density at radius 2 is 2.08 bits per heavy atom. The lowest BCUT2D eigenvalue weighted by atomic mass is 10.3. The summed E-state index contributed by atoms with van der Waals surface area (Å²) in [6.07, 6.45) is 3.78. The van der Waals surface area contributed by atoms with E-state index in [1.807, 2.05) is 24.5 Å². The Balaban J connectivity index is 2.86. The monoisotopic (exact) mass is 182 g/mol. The van der Waals surface area contributed by atoms with Gasteiger partial charge in [-0.1, -0.05) is 0 Å². The molecule has 0 saturated heterocycles. The number of aromatic nitrogens is 1. The fourth-order valence-electron chi connectivity index (χ4n) is 1.25. The van der Waals surface area contributed by atoms with Gasteiger partial charge >= 0.3 is 0 Å². The molecule has 0 N–H and O–H groups in total. The van der Waals surface area contributed by atoms with Gasteiger partial charge in [-0.25, -0.2) is 4.57 Å². The van der Waals surface area contributed by atoms with E-state index in [0.717, 1.165) is 12.1 Å². The number of hydrogen-bond acceptors (Lipinski definition) is 2. The van der Waals surface area contributed by atoms with Crippen LogP contribution in [0.2, 0.25) is 0 Å².